The predicted molar refractivity (Wildman–Crippen MR) is 144 cm³/mol. The lowest BCUT2D eigenvalue weighted by molar-refractivity contribution is -0.133. The monoisotopic (exact) mass is 569 g/mol. The van der Waals surface area contributed by atoms with Gasteiger partial charge in [0.05, 0.1) is 0 Å². The molecule has 3 rings (SSSR count). The molecule has 1 atom stereocenters. The maximum absolute atomic E-state index is 12.7. The molecule has 0 aliphatic carbocycles. The van der Waals surface area contributed by atoms with Crippen LogP contribution in [-0.2, 0) is 16.0 Å². The van der Waals surface area contributed by atoms with Crippen LogP contribution in [0.5, 0.6) is 0 Å². The van der Waals surface area contributed by atoms with E-state index in [0.29, 0.717) is 18.4 Å². The first-order chi connectivity index (χ1) is 15.5. The number of likely N-dealkylation sites (tertiary alicyclic amines) is 2. The van der Waals surface area contributed by atoms with Gasteiger partial charge >= 0.3 is 0 Å². The SMILES string of the molecule is CCNC(=NCC(=O)N1CCC(Cc2ccccc2)CC1)NC1CCN(C(=O)C(C)C)C1.I. The summed E-state index contributed by atoms with van der Waals surface area (Å²) in [6.45, 7) is 9.84. The number of carbonyl (C=O) groups is 2. The third kappa shape index (κ3) is 8.46. The van der Waals surface area contributed by atoms with Crippen LogP contribution in [0.2, 0.25) is 0 Å². The van der Waals surface area contributed by atoms with Crippen LogP contribution < -0.4 is 10.6 Å². The summed E-state index contributed by atoms with van der Waals surface area (Å²) in [7, 11) is 0. The van der Waals surface area contributed by atoms with Gasteiger partial charge in [0.1, 0.15) is 6.54 Å². The lowest BCUT2D eigenvalue weighted by atomic mass is 9.90. The summed E-state index contributed by atoms with van der Waals surface area (Å²) >= 11 is 0. The first-order valence-electron chi connectivity index (χ1n) is 12.1. The van der Waals surface area contributed by atoms with Gasteiger partial charge in [-0.25, -0.2) is 4.99 Å². The molecule has 8 heteroatoms. The molecule has 0 spiro atoms. The van der Waals surface area contributed by atoms with Crippen molar-refractivity contribution in [3.8, 4) is 0 Å². The van der Waals surface area contributed by atoms with Gasteiger partial charge in [-0.15, -0.1) is 24.0 Å². The molecule has 1 aromatic rings. The van der Waals surface area contributed by atoms with Gasteiger partial charge in [0.2, 0.25) is 11.8 Å². The molecule has 1 aromatic carbocycles. The highest BCUT2D eigenvalue weighted by atomic mass is 127. The maximum Gasteiger partial charge on any atom is 0.244 e. The number of halogens is 1. The molecule has 1 unspecified atom stereocenters. The standard InChI is InChI=1S/C25H39N5O2.HI/c1-4-26-25(28-22-12-15-30(18-22)24(32)19(2)3)27-17-23(31)29-13-10-21(11-14-29)16-20-8-6-5-7-9-20;/h5-9,19,21-22H,4,10-18H2,1-3H3,(H2,26,27,28);1H. The van der Waals surface area contributed by atoms with Gasteiger partial charge in [-0.2, -0.15) is 0 Å². The van der Waals surface area contributed by atoms with Crippen LogP contribution in [0.15, 0.2) is 35.3 Å². The molecule has 2 aliphatic rings. The van der Waals surface area contributed by atoms with Crippen molar-refractivity contribution in [1.29, 1.82) is 0 Å². The summed E-state index contributed by atoms with van der Waals surface area (Å²) in [5.74, 6) is 1.60. The number of guanidine groups is 1. The molecule has 33 heavy (non-hydrogen) atoms. The molecule has 184 valence electrons. The van der Waals surface area contributed by atoms with E-state index < -0.39 is 0 Å². The number of piperidine rings is 1. The second kappa shape index (κ2) is 13.8. The Labute approximate surface area is 215 Å². The van der Waals surface area contributed by atoms with E-state index in [1.54, 1.807) is 0 Å². The number of hydrogen-bond donors (Lipinski definition) is 2. The zero-order valence-electron chi connectivity index (χ0n) is 20.3. The summed E-state index contributed by atoms with van der Waals surface area (Å²) in [6.07, 6.45) is 4.08. The van der Waals surface area contributed by atoms with E-state index in [2.05, 4.69) is 46.0 Å². The molecule has 0 saturated carbocycles. The van der Waals surface area contributed by atoms with Crippen LogP contribution >= 0.6 is 24.0 Å². The molecular weight excluding hydrogens is 529 g/mol. The van der Waals surface area contributed by atoms with E-state index in [4.69, 9.17) is 0 Å². The number of nitrogens with one attached hydrogen (secondary N) is 2. The fourth-order valence-electron chi connectivity index (χ4n) is 4.54. The fraction of sp³-hybridized carbons (Fsp3) is 0.640. The maximum atomic E-state index is 12.7. The van der Waals surface area contributed by atoms with Gasteiger partial charge in [0, 0.05) is 44.7 Å². The second-order valence-corrected chi connectivity index (χ2v) is 9.28. The van der Waals surface area contributed by atoms with Crippen molar-refractivity contribution in [2.24, 2.45) is 16.8 Å². The van der Waals surface area contributed by atoms with Crippen LogP contribution in [0.1, 0.15) is 45.6 Å². The molecule has 2 heterocycles. The Morgan fingerprint density at radius 2 is 1.73 bits per heavy atom. The summed E-state index contributed by atoms with van der Waals surface area (Å²) in [6, 6.07) is 10.8. The second-order valence-electron chi connectivity index (χ2n) is 9.28. The largest absolute Gasteiger partial charge is 0.357 e. The van der Waals surface area contributed by atoms with Crippen LogP contribution in [-0.4, -0.2) is 72.9 Å². The van der Waals surface area contributed by atoms with Crippen molar-refractivity contribution in [3.63, 3.8) is 0 Å². The van der Waals surface area contributed by atoms with E-state index in [1.165, 1.54) is 5.56 Å². The highest BCUT2D eigenvalue weighted by Crippen LogP contribution is 2.21. The Morgan fingerprint density at radius 3 is 2.36 bits per heavy atom. The fourth-order valence-corrected chi connectivity index (χ4v) is 4.54. The molecule has 2 N–H and O–H groups in total. The van der Waals surface area contributed by atoms with Crippen LogP contribution in [0.4, 0.5) is 0 Å². The molecule has 2 saturated heterocycles. The van der Waals surface area contributed by atoms with E-state index in [-0.39, 0.29) is 54.3 Å². The number of amides is 2. The third-order valence-corrected chi connectivity index (χ3v) is 6.39. The highest BCUT2D eigenvalue weighted by molar-refractivity contribution is 14.0. The van der Waals surface area contributed by atoms with Crippen molar-refractivity contribution >= 4 is 41.8 Å². The summed E-state index contributed by atoms with van der Waals surface area (Å²) in [5.41, 5.74) is 1.38. The number of aliphatic imine (C=N–C) groups is 1. The first-order valence-corrected chi connectivity index (χ1v) is 12.1. The normalized spacial score (nSPS) is 19.4. The Balaban J connectivity index is 0.00000385. The number of rotatable bonds is 7. The van der Waals surface area contributed by atoms with Gasteiger partial charge in [0.15, 0.2) is 5.96 Å². The summed E-state index contributed by atoms with van der Waals surface area (Å²) < 4.78 is 0. The number of hydrogen-bond acceptors (Lipinski definition) is 3. The van der Waals surface area contributed by atoms with Crippen molar-refractivity contribution in [2.45, 2.75) is 52.5 Å². The molecule has 0 radical (unpaired) electrons. The summed E-state index contributed by atoms with van der Waals surface area (Å²) in [4.78, 5) is 33.4. The van der Waals surface area contributed by atoms with Gasteiger partial charge in [-0.1, -0.05) is 44.2 Å². The van der Waals surface area contributed by atoms with E-state index in [0.717, 1.165) is 51.9 Å². The van der Waals surface area contributed by atoms with Crippen LogP contribution in [0, 0.1) is 11.8 Å². The number of nitrogens with zero attached hydrogens (tertiary/aromatic N) is 3. The Kier molecular flexibility index (Phi) is 11.4. The molecular formula is C25H40IN5O2. The molecule has 2 aliphatic heterocycles. The van der Waals surface area contributed by atoms with Crippen molar-refractivity contribution in [2.75, 3.05) is 39.3 Å². The molecule has 2 fully saturated rings. The Bertz CT molecular complexity index is 778. The lowest BCUT2D eigenvalue weighted by Crippen LogP contribution is -2.46. The predicted octanol–water partition coefficient (Wildman–Crippen LogP) is 2.90. The summed E-state index contributed by atoms with van der Waals surface area (Å²) in [5, 5.41) is 6.64. The highest BCUT2D eigenvalue weighted by Gasteiger charge is 2.28. The van der Waals surface area contributed by atoms with E-state index >= 15 is 0 Å². The molecule has 0 aromatic heterocycles. The van der Waals surface area contributed by atoms with Crippen LogP contribution in [0.25, 0.3) is 0 Å². The number of carbonyl (C=O) groups excluding carboxylic acids is 2. The van der Waals surface area contributed by atoms with E-state index in [9.17, 15) is 9.59 Å². The minimum absolute atomic E-state index is 0. The zero-order valence-corrected chi connectivity index (χ0v) is 22.6. The lowest BCUT2D eigenvalue weighted by Gasteiger charge is -2.32. The van der Waals surface area contributed by atoms with E-state index in [1.807, 2.05) is 30.6 Å². The van der Waals surface area contributed by atoms with Gasteiger partial charge < -0.3 is 20.4 Å². The molecule has 7 nitrogen and oxygen atoms in total. The van der Waals surface area contributed by atoms with Crippen molar-refractivity contribution < 1.29 is 9.59 Å². The van der Waals surface area contributed by atoms with Gasteiger partial charge in [-0.05, 0) is 44.1 Å². The quantitative estimate of drug-likeness (QED) is 0.301. The molecule has 2 amide bonds. The zero-order chi connectivity index (χ0) is 22.9. The molecule has 0 bridgehead atoms. The topological polar surface area (TPSA) is 77.0 Å². The third-order valence-electron chi connectivity index (χ3n) is 6.39. The average Bonchev–Trinajstić information content (AvgIpc) is 3.26. The average molecular weight is 570 g/mol. The minimum atomic E-state index is 0. The first kappa shape index (κ1) is 27.4. The minimum Gasteiger partial charge on any atom is -0.357 e. The Hall–Kier alpha value is -1.84. The smallest absolute Gasteiger partial charge is 0.244 e. The van der Waals surface area contributed by atoms with Crippen molar-refractivity contribution in [1.82, 2.24) is 20.4 Å². The van der Waals surface area contributed by atoms with Crippen molar-refractivity contribution in [3.05, 3.63) is 35.9 Å². The van der Waals surface area contributed by atoms with Gasteiger partial charge in [-0.3, -0.25) is 9.59 Å². The van der Waals surface area contributed by atoms with Crippen LogP contribution in [0.3, 0.4) is 0 Å². The Morgan fingerprint density at radius 1 is 1.06 bits per heavy atom. The van der Waals surface area contributed by atoms with Gasteiger partial charge in [0.25, 0.3) is 0 Å². The number of benzene rings is 1.